The standard InChI is InChI=1S/C18H17N5O2/c24-17(12-4-5-14-16(9-12)21-11-20-14)22-13-6-8-23(10-13)18(25)15-3-1-2-7-19-15/h1-5,7,9,11,13H,6,8,10H2,(H,20,21)(H,22,24). The van der Waals surface area contributed by atoms with Crippen LogP contribution in [0.2, 0.25) is 0 Å². The van der Waals surface area contributed by atoms with Gasteiger partial charge in [-0.05, 0) is 36.8 Å². The molecular formula is C18H17N5O2. The Balaban J connectivity index is 1.40. The van der Waals surface area contributed by atoms with Crippen molar-refractivity contribution in [1.29, 1.82) is 0 Å². The molecule has 1 unspecified atom stereocenters. The minimum atomic E-state index is -0.145. The molecule has 1 fully saturated rings. The summed E-state index contributed by atoms with van der Waals surface area (Å²) in [5, 5.41) is 3.00. The number of carbonyl (C=O) groups excluding carboxylic acids is 2. The maximum absolute atomic E-state index is 12.5. The molecule has 1 aromatic carbocycles. The molecule has 0 aliphatic carbocycles. The predicted octanol–water partition coefficient (Wildman–Crippen LogP) is 1.60. The Labute approximate surface area is 144 Å². The number of amides is 2. The van der Waals surface area contributed by atoms with E-state index in [0.717, 1.165) is 17.5 Å². The Kier molecular flexibility index (Phi) is 3.89. The van der Waals surface area contributed by atoms with Gasteiger partial charge >= 0.3 is 0 Å². The summed E-state index contributed by atoms with van der Waals surface area (Å²) in [6, 6.07) is 10.6. The number of pyridine rings is 1. The Morgan fingerprint density at radius 2 is 2.12 bits per heavy atom. The lowest BCUT2D eigenvalue weighted by Gasteiger charge is -2.16. The third-order valence-corrected chi connectivity index (χ3v) is 4.38. The van der Waals surface area contributed by atoms with Crippen LogP contribution in [-0.4, -0.2) is 50.8 Å². The molecule has 0 saturated carbocycles. The molecule has 3 aromatic rings. The van der Waals surface area contributed by atoms with Gasteiger partial charge < -0.3 is 15.2 Å². The van der Waals surface area contributed by atoms with Crippen LogP contribution in [0.3, 0.4) is 0 Å². The molecule has 1 saturated heterocycles. The van der Waals surface area contributed by atoms with Crippen LogP contribution >= 0.6 is 0 Å². The molecule has 0 radical (unpaired) electrons. The second kappa shape index (κ2) is 6.35. The first-order chi connectivity index (χ1) is 12.2. The highest BCUT2D eigenvalue weighted by Crippen LogP contribution is 2.15. The van der Waals surface area contributed by atoms with Crippen molar-refractivity contribution in [1.82, 2.24) is 25.2 Å². The summed E-state index contributed by atoms with van der Waals surface area (Å²) in [5.74, 6) is -0.245. The SMILES string of the molecule is O=C(NC1CCN(C(=O)c2ccccn2)C1)c1ccc2nc[nH]c2c1. The van der Waals surface area contributed by atoms with E-state index in [1.807, 2.05) is 6.07 Å². The average Bonchev–Trinajstić information content (AvgIpc) is 3.30. The van der Waals surface area contributed by atoms with E-state index in [0.29, 0.717) is 24.3 Å². The van der Waals surface area contributed by atoms with Crippen molar-refractivity contribution in [2.24, 2.45) is 0 Å². The van der Waals surface area contributed by atoms with Crippen molar-refractivity contribution in [3.8, 4) is 0 Å². The number of aromatic amines is 1. The van der Waals surface area contributed by atoms with Gasteiger partial charge in [0, 0.05) is 30.9 Å². The summed E-state index contributed by atoms with van der Waals surface area (Å²) >= 11 is 0. The monoisotopic (exact) mass is 335 g/mol. The number of benzene rings is 1. The van der Waals surface area contributed by atoms with E-state index < -0.39 is 0 Å². The van der Waals surface area contributed by atoms with Crippen LogP contribution in [0.5, 0.6) is 0 Å². The molecule has 3 heterocycles. The number of hydrogen-bond donors (Lipinski definition) is 2. The third kappa shape index (κ3) is 3.08. The number of nitrogens with zero attached hydrogens (tertiary/aromatic N) is 3. The fourth-order valence-electron chi connectivity index (χ4n) is 3.06. The number of aromatic nitrogens is 3. The van der Waals surface area contributed by atoms with Crippen molar-refractivity contribution in [2.45, 2.75) is 12.5 Å². The molecule has 1 atom stereocenters. The van der Waals surface area contributed by atoms with Gasteiger partial charge in [-0.15, -0.1) is 0 Å². The first-order valence-electron chi connectivity index (χ1n) is 8.15. The van der Waals surface area contributed by atoms with E-state index >= 15 is 0 Å². The van der Waals surface area contributed by atoms with Gasteiger partial charge in [0.2, 0.25) is 0 Å². The van der Waals surface area contributed by atoms with Crippen LogP contribution in [0.25, 0.3) is 11.0 Å². The van der Waals surface area contributed by atoms with Crippen LogP contribution in [0.15, 0.2) is 48.9 Å². The van der Waals surface area contributed by atoms with Crippen molar-refractivity contribution < 1.29 is 9.59 Å². The van der Waals surface area contributed by atoms with Gasteiger partial charge in [0.25, 0.3) is 11.8 Å². The highest BCUT2D eigenvalue weighted by molar-refractivity contribution is 5.97. The van der Waals surface area contributed by atoms with Crippen molar-refractivity contribution in [2.75, 3.05) is 13.1 Å². The Morgan fingerprint density at radius 3 is 2.96 bits per heavy atom. The van der Waals surface area contributed by atoms with Gasteiger partial charge in [-0.3, -0.25) is 14.6 Å². The number of H-pyrrole nitrogens is 1. The van der Waals surface area contributed by atoms with Gasteiger partial charge in [0.1, 0.15) is 5.69 Å². The van der Waals surface area contributed by atoms with Gasteiger partial charge in [0.05, 0.1) is 17.4 Å². The van der Waals surface area contributed by atoms with Crippen LogP contribution in [0.1, 0.15) is 27.3 Å². The van der Waals surface area contributed by atoms with Gasteiger partial charge in [-0.2, -0.15) is 0 Å². The van der Waals surface area contributed by atoms with Crippen molar-refractivity contribution in [3.63, 3.8) is 0 Å². The lowest BCUT2D eigenvalue weighted by atomic mass is 10.1. The molecule has 4 rings (SSSR count). The maximum atomic E-state index is 12.5. The Bertz CT molecular complexity index is 921. The molecule has 2 N–H and O–H groups in total. The molecule has 25 heavy (non-hydrogen) atoms. The second-order valence-corrected chi connectivity index (χ2v) is 6.06. The van der Waals surface area contributed by atoms with Crippen molar-refractivity contribution >= 4 is 22.8 Å². The van der Waals surface area contributed by atoms with Gasteiger partial charge in [-0.25, -0.2) is 4.98 Å². The van der Waals surface area contributed by atoms with Crippen LogP contribution in [0, 0.1) is 0 Å². The number of nitrogens with one attached hydrogen (secondary N) is 2. The molecule has 1 aliphatic rings. The first kappa shape index (κ1) is 15.3. The zero-order valence-electron chi connectivity index (χ0n) is 13.5. The summed E-state index contributed by atoms with van der Waals surface area (Å²) in [6.45, 7) is 1.10. The van der Waals surface area contributed by atoms with E-state index in [1.54, 1.807) is 47.8 Å². The van der Waals surface area contributed by atoms with E-state index in [9.17, 15) is 9.59 Å². The molecule has 0 bridgehead atoms. The number of hydrogen-bond acceptors (Lipinski definition) is 4. The summed E-state index contributed by atoms with van der Waals surface area (Å²) in [7, 11) is 0. The fourth-order valence-corrected chi connectivity index (χ4v) is 3.06. The highest BCUT2D eigenvalue weighted by Gasteiger charge is 2.28. The highest BCUT2D eigenvalue weighted by atomic mass is 16.2. The van der Waals surface area contributed by atoms with Crippen molar-refractivity contribution in [3.05, 3.63) is 60.2 Å². The van der Waals surface area contributed by atoms with Gasteiger partial charge in [0.15, 0.2) is 0 Å². The maximum Gasteiger partial charge on any atom is 0.272 e. The molecule has 2 aromatic heterocycles. The fraction of sp³-hybridized carbons (Fsp3) is 0.222. The number of rotatable bonds is 3. The zero-order chi connectivity index (χ0) is 17.2. The van der Waals surface area contributed by atoms with E-state index in [2.05, 4.69) is 20.3 Å². The predicted molar refractivity (Wildman–Crippen MR) is 92.1 cm³/mol. The zero-order valence-corrected chi connectivity index (χ0v) is 13.5. The Hall–Kier alpha value is -3.22. The smallest absolute Gasteiger partial charge is 0.272 e. The normalized spacial score (nSPS) is 17.0. The van der Waals surface area contributed by atoms with Crippen LogP contribution in [0.4, 0.5) is 0 Å². The minimum Gasteiger partial charge on any atom is -0.347 e. The third-order valence-electron chi connectivity index (χ3n) is 4.38. The first-order valence-corrected chi connectivity index (χ1v) is 8.15. The van der Waals surface area contributed by atoms with Crippen LogP contribution < -0.4 is 5.32 Å². The Morgan fingerprint density at radius 1 is 1.20 bits per heavy atom. The van der Waals surface area contributed by atoms with E-state index in [-0.39, 0.29) is 17.9 Å². The summed E-state index contributed by atoms with van der Waals surface area (Å²) < 4.78 is 0. The second-order valence-electron chi connectivity index (χ2n) is 6.06. The van der Waals surface area contributed by atoms with E-state index in [1.165, 1.54) is 0 Å². The topological polar surface area (TPSA) is 91.0 Å². The molecule has 0 spiro atoms. The molecule has 7 nitrogen and oxygen atoms in total. The molecule has 7 heteroatoms. The average molecular weight is 335 g/mol. The largest absolute Gasteiger partial charge is 0.347 e. The molecule has 1 aliphatic heterocycles. The molecule has 2 amide bonds. The quantitative estimate of drug-likeness (QED) is 0.761. The summed E-state index contributed by atoms with van der Waals surface area (Å²) in [4.78, 5) is 37.8. The summed E-state index contributed by atoms with van der Waals surface area (Å²) in [6.07, 6.45) is 3.94. The van der Waals surface area contributed by atoms with Crippen LogP contribution in [-0.2, 0) is 0 Å². The minimum absolute atomic E-state index is 0.0578. The number of fused-ring (bicyclic) bond motifs is 1. The molecular weight excluding hydrogens is 318 g/mol. The lowest BCUT2D eigenvalue weighted by Crippen LogP contribution is -2.38. The summed E-state index contributed by atoms with van der Waals surface area (Å²) in [5.41, 5.74) is 2.65. The molecule has 126 valence electrons. The number of likely N-dealkylation sites (tertiary alicyclic amines) is 1. The number of carbonyl (C=O) groups is 2. The lowest BCUT2D eigenvalue weighted by molar-refractivity contribution is 0.0777. The van der Waals surface area contributed by atoms with E-state index in [4.69, 9.17) is 0 Å². The number of imidazole rings is 1. The van der Waals surface area contributed by atoms with Gasteiger partial charge in [-0.1, -0.05) is 6.07 Å².